The van der Waals surface area contributed by atoms with Gasteiger partial charge in [-0.05, 0) is 30.2 Å². The molecule has 0 spiro atoms. The van der Waals surface area contributed by atoms with Crippen LogP contribution in [0.1, 0.15) is 24.1 Å². The Balaban J connectivity index is 2.46. The van der Waals surface area contributed by atoms with E-state index in [9.17, 15) is 4.79 Å². The van der Waals surface area contributed by atoms with E-state index < -0.39 is 0 Å². The number of nitrogens with zero attached hydrogens (tertiary/aromatic N) is 1. The first kappa shape index (κ1) is 18.9. The van der Waals surface area contributed by atoms with E-state index in [4.69, 9.17) is 0 Å². The quantitative estimate of drug-likeness (QED) is 0.426. The van der Waals surface area contributed by atoms with Crippen LogP contribution in [0, 0.1) is 0 Å². The molecule has 0 aliphatic rings. The molecular formula is C22H22BrNO. The Morgan fingerprint density at radius 2 is 1.80 bits per heavy atom. The molecule has 0 aromatic heterocycles. The lowest BCUT2D eigenvalue weighted by atomic mass is 10.0. The molecule has 1 amide bonds. The average molecular weight is 396 g/mol. The van der Waals surface area contributed by atoms with E-state index in [0.29, 0.717) is 6.54 Å². The van der Waals surface area contributed by atoms with E-state index in [0.717, 1.165) is 15.6 Å². The van der Waals surface area contributed by atoms with Crippen LogP contribution < -0.4 is 0 Å². The zero-order valence-corrected chi connectivity index (χ0v) is 15.9. The maximum absolute atomic E-state index is 12.6. The minimum atomic E-state index is -0.197. The number of hydrogen-bond donors (Lipinski definition) is 0. The molecule has 0 aliphatic carbocycles. The van der Waals surface area contributed by atoms with Gasteiger partial charge in [-0.25, -0.2) is 0 Å². The minimum absolute atomic E-state index is 0.102. The highest BCUT2D eigenvalue weighted by Crippen LogP contribution is 2.30. The molecule has 2 aromatic rings. The van der Waals surface area contributed by atoms with Gasteiger partial charge in [-0.2, -0.15) is 0 Å². The number of rotatable bonds is 7. The van der Waals surface area contributed by atoms with Gasteiger partial charge in [0.15, 0.2) is 0 Å². The van der Waals surface area contributed by atoms with Crippen molar-refractivity contribution in [1.29, 1.82) is 0 Å². The Hall–Kier alpha value is -2.39. The zero-order chi connectivity index (χ0) is 18.1. The lowest BCUT2D eigenvalue weighted by Crippen LogP contribution is -2.32. The van der Waals surface area contributed by atoms with Gasteiger partial charge in [0.25, 0.3) is 0 Å². The minimum Gasteiger partial charge on any atom is -0.324 e. The molecule has 128 valence electrons. The second kappa shape index (κ2) is 9.80. The number of allylic oxidation sites excluding steroid dienone is 3. The molecule has 1 unspecified atom stereocenters. The lowest BCUT2D eigenvalue weighted by Gasteiger charge is -2.30. The van der Waals surface area contributed by atoms with Gasteiger partial charge >= 0.3 is 0 Å². The summed E-state index contributed by atoms with van der Waals surface area (Å²) < 4.78 is 0.972. The zero-order valence-electron chi connectivity index (χ0n) is 14.3. The standard InChI is InChI=1S/C22H22BrNO/c1-3-5-7-16-21(19-14-10-11-15-20(19)23)24(22(25)4-2)17-18-12-8-6-9-13-18/h3-16,21H,2,17H2,1H3/b5-3+,16-7+. The van der Waals surface area contributed by atoms with Crippen molar-refractivity contribution in [2.45, 2.75) is 19.5 Å². The predicted octanol–water partition coefficient (Wildman–Crippen LogP) is 5.84. The number of hydrogen-bond acceptors (Lipinski definition) is 1. The summed E-state index contributed by atoms with van der Waals surface area (Å²) >= 11 is 3.61. The van der Waals surface area contributed by atoms with Crippen LogP contribution in [0.25, 0.3) is 0 Å². The number of amides is 1. The molecule has 3 heteroatoms. The molecule has 0 aliphatic heterocycles. The summed E-state index contributed by atoms with van der Waals surface area (Å²) in [5.41, 5.74) is 2.11. The molecule has 2 nitrogen and oxygen atoms in total. The van der Waals surface area contributed by atoms with E-state index in [-0.39, 0.29) is 11.9 Å². The van der Waals surface area contributed by atoms with Crippen molar-refractivity contribution in [2.75, 3.05) is 0 Å². The highest BCUT2D eigenvalue weighted by molar-refractivity contribution is 9.10. The molecular weight excluding hydrogens is 374 g/mol. The molecule has 2 rings (SSSR count). The van der Waals surface area contributed by atoms with Gasteiger partial charge in [-0.1, -0.05) is 95.3 Å². The van der Waals surface area contributed by atoms with Crippen LogP contribution in [0.3, 0.4) is 0 Å². The molecule has 0 saturated heterocycles. The summed E-state index contributed by atoms with van der Waals surface area (Å²) in [7, 11) is 0. The molecule has 25 heavy (non-hydrogen) atoms. The third-order valence-corrected chi connectivity index (χ3v) is 4.53. The largest absolute Gasteiger partial charge is 0.324 e. The number of benzene rings is 2. The summed E-state index contributed by atoms with van der Waals surface area (Å²) in [6, 6.07) is 17.8. The Morgan fingerprint density at radius 1 is 1.12 bits per heavy atom. The van der Waals surface area contributed by atoms with Gasteiger partial charge < -0.3 is 4.90 Å². The summed E-state index contributed by atoms with van der Waals surface area (Å²) in [6.45, 7) is 6.16. The van der Waals surface area contributed by atoms with Crippen molar-refractivity contribution < 1.29 is 4.79 Å². The normalized spacial score (nSPS) is 12.4. The van der Waals surface area contributed by atoms with Crippen LogP contribution in [-0.4, -0.2) is 10.8 Å². The molecule has 2 aromatic carbocycles. The van der Waals surface area contributed by atoms with E-state index in [1.165, 1.54) is 6.08 Å². The Bertz CT molecular complexity index is 765. The van der Waals surface area contributed by atoms with E-state index in [1.807, 2.05) is 90.7 Å². The van der Waals surface area contributed by atoms with Crippen molar-refractivity contribution >= 4 is 21.8 Å². The van der Waals surface area contributed by atoms with Crippen molar-refractivity contribution in [3.05, 3.63) is 107 Å². The van der Waals surface area contributed by atoms with Gasteiger partial charge in [0, 0.05) is 11.0 Å². The molecule has 0 N–H and O–H groups in total. The molecule has 0 bridgehead atoms. The molecule has 0 heterocycles. The Labute approximate surface area is 158 Å². The van der Waals surface area contributed by atoms with E-state index in [1.54, 1.807) is 0 Å². The number of carbonyl (C=O) groups excluding carboxylic acids is 1. The monoisotopic (exact) mass is 395 g/mol. The van der Waals surface area contributed by atoms with Crippen LogP contribution in [0.15, 0.2) is 96.0 Å². The fraction of sp³-hybridized carbons (Fsp3) is 0.136. The fourth-order valence-corrected chi connectivity index (χ4v) is 3.10. The van der Waals surface area contributed by atoms with Crippen LogP contribution in [-0.2, 0) is 11.3 Å². The van der Waals surface area contributed by atoms with E-state index in [2.05, 4.69) is 22.5 Å². The second-order valence-electron chi connectivity index (χ2n) is 5.53. The molecule has 0 saturated carbocycles. The Morgan fingerprint density at radius 3 is 2.44 bits per heavy atom. The maximum Gasteiger partial charge on any atom is 0.247 e. The third-order valence-electron chi connectivity index (χ3n) is 3.81. The number of halogens is 1. The van der Waals surface area contributed by atoms with Crippen LogP contribution in [0.2, 0.25) is 0 Å². The van der Waals surface area contributed by atoms with Crippen molar-refractivity contribution in [1.82, 2.24) is 4.90 Å². The highest BCUT2D eigenvalue weighted by Gasteiger charge is 2.23. The smallest absolute Gasteiger partial charge is 0.247 e. The van der Waals surface area contributed by atoms with Gasteiger partial charge in [-0.3, -0.25) is 4.79 Å². The second-order valence-corrected chi connectivity index (χ2v) is 6.39. The predicted molar refractivity (Wildman–Crippen MR) is 108 cm³/mol. The van der Waals surface area contributed by atoms with Crippen LogP contribution in [0.5, 0.6) is 0 Å². The summed E-state index contributed by atoms with van der Waals surface area (Å²) in [4.78, 5) is 14.4. The van der Waals surface area contributed by atoms with Crippen molar-refractivity contribution in [3.63, 3.8) is 0 Å². The van der Waals surface area contributed by atoms with Gasteiger partial charge in [0.1, 0.15) is 0 Å². The first-order valence-electron chi connectivity index (χ1n) is 8.18. The highest BCUT2D eigenvalue weighted by atomic mass is 79.9. The molecule has 0 fully saturated rings. The average Bonchev–Trinajstić information content (AvgIpc) is 2.65. The summed E-state index contributed by atoms with van der Waals surface area (Å²) in [5.74, 6) is -0.102. The first-order chi connectivity index (χ1) is 12.2. The molecule has 1 atom stereocenters. The SMILES string of the molecule is C=CC(=O)N(Cc1ccccc1)C(/C=C/C=C/C)c1ccccc1Br. The molecule has 0 radical (unpaired) electrons. The van der Waals surface area contributed by atoms with Gasteiger partial charge in [-0.15, -0.1) is 0 Å². The van der Waals surface area contributed by atoms with Crippen molar-refractivity contribution in [3.8, 4) is 0 Å². The maximum atomic E-state index is 12.6. The fourth-order valence-electron chi connectivity index (χ4n) is 2.58. The Kier molecular flexibility index (Phi) is 7.42. The summed E-state index contributed by atoms with van der Waals surface area (Å²) in [6.07, 6.45) is 9.30. The van der Waals surface area contributed by atoms with E-state index >= 15 is 0 Å². The third kappa shape index (κ3) is 5.30. The summed E-state index contributed by atoms with van der Waals surface area (Å²) in [5, 5.41) is 0. The number of carbonyl (C=O) groups is 1. The van der Waals surface area contributed by atoms with Crippen molar-refractivity contribution in [2.24, 2.45) is 0 Å². The van der Waals surface area contributed by atoms with Crippen LogP contribution in [0.4, 0.5) is 0 Å². The van der Waals surface area contributed by atoms with Gasteiger partial charge in [0.2, 0.25) is 5.91 Å². The lowest BCUT2D eigenvalue weighted by molar-refractivity contribution is -0.128. The first-order valence-corrected chi connectivity index (χ1v) is 8.97. The van der Waals surface area contributed by atoms with Gasteiger partial charge in [0.05, 0.1) is 6.04 Å². The van der Waals surface area contributed by atoms with Crippen LogP contribution >= 0.6 is 15.9 Å². The topological polar surface area (TPSA) is 20.3 Å².